The second kappa shape index (κ2) is 8.28. The SMILES string of the molecule is CNCC(CCC(C)(C)OC)Cc1cccc(OC)c1. The van der Waals surface area contributed by atoms with E-state index in [-0.39, 0.29) is 5.60 Å². The summed E-state index contributed by atoms with van der Waals surface area (Å²) in [6.07, 6.45) is 3.29. The number of benzene rings is 1. The topological polar surface area (TPSA) is 30.5 Å². The Kier molecular flexibility index (Phi) is 7.03. The molecular weight excluding hydrogens is 250 g/mol. The molecule has 0 aliphatic rings. The smallest absolute Gasteiger partial charge is 0.119 e. The van der Waals surface area contributed by atoms with Gasteiger partial charge in [0.2, 0.25) is 0 Å². The van der Waals surface area contributed by atoms with Gasteiger partial charge in [-0.25, -0.2) is 0 Å². The molecule has 0 saturated heterocycles. The van der Waals surface area contributed by atoms with Gasteiger partial charge in [0.05, 0.1) is 12.7 Å². The van der Waals surface area contributed by atoms with Crippen molar-refractivity contribution in [3.8, 4) is 5.75 Å². The van der Waals surface area contributed by atoms with Crippen LogP contribution in [0.25, 0.3) is 0 Å². The molecule has 0 spiro atoms. The van der Waals surface area contributed by atoms with Gasteiger partial charge in [-0.3, -0.25) is 0 Å². The number of hydrogen-bond acceptors (Lipinski definition) is 3. The van der Waals surface area contributed by atoms with Crippen LogP contribution in [0.5, 0.6) is 5.75 Å². The maximum Gasteiger partial charge on any atom is 0.119 e. The summed E-state index contributed by atoms with van der Waals surface area (Å²) in [6.45, 7) is 5.32. The Morgan fingerprint density at radius 3 is 2.60 bits per heavy atom. The molecule has 0 heterocycles. The molecule has 0 aliphatic carbocycles. The fourth-order valence-corrected chi connectivity index (χ4v) is 2.35. The standard InChI is InChI=1S/C17H29NO2/c1-17(2,20-5)10-9-15(13-18-3)11-14-7-6-8-16(12-14)19-4/h6-8,12,15,18H,9-11,13H2,1-5H3. The Morgan fingerprint density at radius 1 is 1.25 bits per heavy atom. The van der Waals surface area contributed by atoms with Crippen molar-refractivity contribution in [3.63, 3.8) is 0 Å². The summed E-state index contributed by atoms with van der Waals surface area (Å²) in [5, 5.41) is 3.30. The minimum Gasteiger partial charge on any atom is -0.497 e. The molecule has 3 nitrogen and oxygen atoms in total. The molecule has 1 aromatic rings. The molecule has 0 saturated carbocycles. The second-order valence-electron chi connectivity index (χ2n) is 5.98. The largest absolute Gasteiger partial charge is 0.497 e. The fraction of sp³-hybridized carbons (Fsp3) is 0.647. The number of nitrogens with one attached hydrogen (secondary N) is 1. The Morgan fingerprint density at radius 2 is 2.00 bits per heavy atom. The van der Waals surface area contributed by atoms with Gasteiger partial charge < -0.3 is 14.8 Å². The maximum atomic E-state index is 5.51. The van der Waals surface area contributed by atoms with E-state index in [1.54, 1.807) is 14.2 Å². The van der Waals surface area contributed by atoms with Crippen molar-refractivity contribution in [3.05, 3.63) is 29.8 Å². The van der Waals surface area contributed by atoms with E-state index >= 15 is 0 Å². The quantitative estimate of drug-likeness (QED) is 0.752. The van der Waals surface area contributed by atoms with E-state index in [1.807, 2.05) is 13.1 Å². The number of ether oxygens (including phenoxy) is 2. The Bertz CT molecular complexity index is 390. The second-order valence-corrected chi connectivity index (χ2v) is 5.98. The molecule has 0 amide bonds. The molecule has 1 unspecified atom stereocenters. The minimum absolute atomic E-state index is 0.0413. The third kappa shape index (κ3) is 5.93. The van der Waals surface area contributed by atoms with Crippen LogP contribution in [0.2, 0.25) is 0 Å². The number of rotatable bonds is 9. The van der Waals surface area contributed by atoms with Crippen LogP contribution < -0.4 is 10.1 Å². The normalized spacial score (nSPS) is 13.2. The van der Waals surface area contributed by atoms with Gasteiger partial charge in [-0.1, -0.05) is 12.1 Å². The lowest BCUT2D eigenvalue weighted by molar-refractivity contribution is 0.0104. The molecule has 20 heavy (non-hydrogen) atoms. The van der Waals surface area contributed by atoms with Crippen LogP contribution in [-0.2, 0) is 11.2 Å². The van der Waals surface area contributed by atoms with E-state index in [4.69, 9.17) is 9.47 Å². The van der Waals surface area contributed by atoms with E-state index in [1.165, 1.54) is 5.56 Å². The molecule has 0 aliphatic heterocycles. The minimum atomic E-state index is -0.0413. The zero-order chi connectivity index (χ0) is 15.0. The highest BCUT2D eigenvalue weighted by Crippen LogP contribution is 2.23. The van der Waals surface area contributed by atoms with Gasteiger partial charge in [0.15, 0.2) is 0 Å². The predicted molar refractivity (Wildman–Crippen MR) is 84.4 cm³/mol. The van der Waals surface area contributed by atoms with Crippen molar-refractivity contribution < 1.29 is 9.47 Å². The molecule has 0 bridgehead atoms. The molecule has 1 rings (SSSR count). The number of methoxy groups -OCH3 is 2. The predicted octanol–water partition coefficient (Wildman–Crippen LogP) is 3.28. The first-order valence-corrected chi connectivity index (χ1v) is 7.33. The van der Waals surface area contributed by atoms with Crippen molar-refractivity contribution in [1.82, 2.24) is 5.32 Å². The average Bonchev–Trinajstić information content (AvgIpc) is 2.45. The Hall–Kier alpha value is -1.06. The molecule has 0 fully saturated rings. The Labute approximate surface area is 123 Å². The summed E-state index contributed by atoms with van der Waals surface area (Å²) in [5.41, 5.74) is 1.29. The molecule has 114 valence electrons. The van der Waals surface area contributed by atoms with Gasteiger partial charge in [0.1, 0.15) is 5.75 Å². The van der Waals surface area contributed by atoms with Crippen molar-refractivity contribution >= 4 is 0 Å². The zero-order valence-electron chi connectivity index (χ0n) is 13.5. The molecule has 1 aromatic carbocycles. The summed E-state index contributed by atoms with van der Waals surface area (Å²) in [7, 11) is 5.51. The summed E-state index contributed by atoms with van der Waals surface area (Å²) < 4.78 is 10.8. The van der Waals surface area contributed by atoms with E-state index in [0.717, 1.165) is 31.6 Å². The maximum absolute atomic E-state index is 5.51. The lowest BCUT2D eigenvalue weighted by Crippen LogP contribution is -2.27. The first kappa shape index (κ1) is 17.0. The van der Waals surface area contributed by atoms with Crippen molar-refractivity contribution in [2.45, 2.75) is 38.7 Å². The van der Waals surface area contributed by atoms with Crippen LogP contribution in [0.1, 0.15) is 32.3 Å². The third-order valence-corrected chi connectivity index (χ3v) is 3.86. The van der Waals surface area contributed by atoms with E-state index < -0.39 is 0 Å². The van der Waals surface area contributed by atoms with E-state index in [2.05, 4.69) is 37.4 Å². The van der Waals surface area contributed by atoms with Crippen LogP contribution in [0.4, 0.5) is 0 Å². The highest BCUT2D eigenvalue weighted by Gasteiger charge is 2.19. The van der Waals surface area contributed by atoms with Crippen LogP contribution in [0.3, 0.4) is 0 Å². The lowest BCUT2D eigenvalue weighted by atomic mass is 9.90. The third-order valence-electron chi connectivity index (χ3n) is 3.86. The highest BCUT2D eigenvalue weighted by atomic mass is 16.5. The van der Waals surface area contributed by atoms with Crippen LogP contribution >= 0.6 is 0 Å². The summed E-state index contributed by atoms with van der Waals surface area (Å²) in [5.74, 6) is 1.55. The first-order valence-electron chi connectivity index (χ1n) is 7.33. The molecule has 0 radical (unpaired) electrons. The molecule has 1 N–H and O–H groups in total. The molecule has 1 atom stereocenters. The Balaban J connectivity index is 2.61. The lowest BCUT2D eigenvalue weighted by Gasteiger charge is -2.26. The summed E-state index contributed by atoms with van der Waals surface area (Å²) >= 11 is 0. The molecule has 3 heteroatoms. The van der Waals surface area contributed by atoms with Gasteiger partial charge in [-0.15, -0.1) is 0 Å². The van der Waals surface area contributed by atoms with Gasteiger partial charge in [-0.2, -0.15) is 0 Å². The molecular formula is C17H29NO2. The zero-order valence-corrected chi connectivity index (χ0v) is 13.5. The molecule has 0 aromatic heterocycles. The van der Waals surface area contributed by atoms with E-state index in [0.29, 0.717) is 5.92 Å². The monoisotopic (exact) mass is 279 g/mol. The van der Waals surface area contributed by atoms with Gasteiger partial charge in [0.25, 0.3) is 0 Å². The van der Waals surface area contributed by atoms with Crippen molar-refractivity contribution in [1.29, 1.82) is 0 Å². The van der Waals surface area contributed by atoms with Crippen LogP contribution in [0.15, 0.2) is 24.3 Å². The first-order chi connectivity index (χ1) is 9.50. The van der Waals surface area contributed by atoms with Crippen LogP contribution in [-0.4, -0.2) is 33.4 Å². The fourth-order valence-electron chi connectivity index (χ4n) is 2.35. The average molecular weight is 279 g/mol. The van der Waals surface area contributed by atoms with Crippen LogP contribution in [0, 0.1) is 5.92 Å². The van der Waals surface area contributed by atoms with Crippen molar-refractivity contribution in [2.75, 3.05) is 27.8 Å². The van der Waals surface area contributed by atoms with Gasteiger partial charge in [0, 0.05) is 7.11 Å². The summed E-state index contributed by atoms with van der Waals surface area (Å²) in [6, 6.07) is 8.35. The van der Waals surface area contributed by atoms with Gasteiger partial charge in [-0.05, 0) is 70.3 Å². The van der Waals surface area contributed by atoms with Crippen molar-refractivity contribution in [2.24, 2.45) is 5.92 Å². The van der Waals surface area contributed by atoms with E-state index in [9.17, 15) is 0 Å². The highest BCUT2D eigenvalue weighted by molar-refractivity contribution is 5.28. The summed E-state index contributed by atoms with van der Waals surface area (Å²) in [4.78, 5) is 0. The number of hydrogen-bond donors (Lipinski definition) is 1. The van der Waals surface area contributed by atoms with Gasteiger partial charge >= 0.3 is 0 Å².